The van der Waals surface area contributed by atoms with Gasteiger partial charge in [0.25, 0.3) is 0 Å². The van der Waals surface area contributed by atoms with Crippen LogP contribution in [-0.2, 0) is 11.2 Å². The van der Waals surface area contributed by atoms with E-state index in [0.717, 1.165) is 19.3 Å². The Hall–Kier alpha value is -1.12. The van der Waals surface area contributed by atoms with Gasteiger partial charge in [0.05, 0.1) is 19.8 Å². The Morgan fingerprint density at radius 1 is 1.29 bits per heavy atom. The normalized spacial score (nSPS) is 22.2. The summed E-state index contributed by atoms with van der Waals surface area (Å²) in [5, 5.41) is 9.15. The van der Waals surface area contributed by atoms with Crippen molar-refractivity contribution >= 4 is 0 Å². The molecule has 0 bridgehead atoms. The molecule has 0 aliphatic carbocycles. The van der Waals surface area contributed by atoms with Gasteiger partial charge in [-0.05, 0) is 30.4 Å². The van der Waals surface area contributed by atoms with Crippen LogP contribution in [0.4, 0.5) is 0 Å². The Morgan fingerprint density at radius 2 is 2.12 bits per heavy atom. The number of aryl methyl sites for hydroxylation is 1. The van der Waals surface area contributed by atoms with Crippen LogP contribution in [0, 0.1) is 5.92 Å². The Kier molecular flexibility index (Phi) is 4.77. The van der Waals surface area contributed by atoms with Crippen molar-refractivity contribution in [1.82, 2.24) is 0 Å². The Bertz CT molecular complexity index is 356. The van der Waals surface area contributed by atoms with Crippen LogP contribution in [0.3, 0.4) is 0 Å². The third kappa shape index (κ3) is 3.69. The molecule has 1 unspecified atom stereocenters. The third-order valence-corrected chi connectivity index (χ3v) is 3.25. The van der Waals surface area contributed by atoms with Gasteiger partial charge in [-0.25, -0.2) is 0 Å². The highest BCUT2D eigenvalue weighted by atomic mass is 16.5. The first kappa shape index (κ1) is 12.3. The molecule has 1 saturated heterocycles. The van der Waals surface area contributed by atoms with E-state index in [1.807, 2.05) is 6.07 Å². The molecule has 1 aromatic rings. The molecule has 1 N–H and O–H groups in total. The van der Waals surface area contributed by atoms with Gasteiger partial charge in [0, 0.05) is 5.92 Å². The van der Waals surface area contributed by atoms with E-state index < -0.39 is 0 Å². The van der Waals surface area contributed by atoms with Crippen molar-refractivity contribution in [2.45, 2.75) is 19.3 Å². The van der Waals surface area contributed by atoms with Crippen LogP contribution in [0.15, 0.2) is 42.0 Å². The van der Waals surface area contributed by atoms with E-state index in [1.165, 1.54) is 11.1 Å². The number of hydrogen-bond acceptors (Lipinski definition) is 2. The quantitative estimate of drug-likeness (QED) is 0.624. The lowest BCUT2D eigenvalue weighted by atomic mass is 10.0. The molecule has 1 heterocycles. The van der Waals surface area contributed by atoms with Gasteiger partial charge in [-0.1, -0.05) is 36.4 Å². The fraction of sp³-hybridized carbons (Fsp3) is 0.467. The Morgan fingerprint density at radius 3 is 2.88 bits per heavy atom. The molecule has 2 rings (SSSR count). The minimum absolute atomic E-state index is 0.213. The predicted octanol–water partition coefficient (Wildman–Crippen LogP) is 2.57. The van der Waals surface area contributed by atoms with Gasteiger partial charge in [-0.15, -0.1) is 0 Å². The van der Waals surface area contributed by atoms with Crippen molar-refractivity contribution < 1.29 is 9.84 Å². The minimum Gasteiger partial charge on any atom is -0.396 e. The Labute approximate surface area is 103 Å². The van der Waals surface area contributed by atoms with E-state index >= 15 is 0 Å². The fourth-order valence-electron chi connectivity index (χ4n) is 2.18. The molecule has 1 aliphatic heterocycles. The number of unbranched alkanes of at least 4 members (excludes halogenated alkanes) is 1. The van der Waals surface area contributed by atoms with Crippen LogP contribution >= 0.6 is 0 Å². The summed E-state index contributed by atoms with van der Waals surface area (Å²) < 4.78 is 5.35. The van der Waals surface area contributed by atoms with E-state index in [1.54, 1.807) is 0 Å². The molecule has 2 heteroatoms. The van der Waals surface area contributed by atoms with Crippen molar-refractivity contribution in [2.75, 3.05) is 19.8 Å². The average molecular weight is 232 g/mol. The molecule has 0 aromatic heterocycles. The molecule has 17 heavy (non-hydrogen) atoms. The fourth-order valence-corrected chi connectivity index (χ4v) is 2.18. The first-order valence-corrected chi connectivity index (χ1v) is 6.31. The molecule has 1 fully saturated rings. The maximum absolute atomic E-state index is 9.15. The number of allylic oxidation sites excluding steroid dienone is 1. The Balaban J connectivity index is 1.74. The average Bonchev–Trinajstić information content (AvgIpc) is 2.83. The number of aliphatic hydroxyl groups is 1. The zero-order valence-corrected chi connectivity index (χ0v) is 10.1. The van der Waals surface area contributed by atoms with E-state index in [-0.39, 0.29) is 12.5 Å². The lowest BCUT2D eigenvalue weighted by Gasteiger charge is -2.05. The first-order chi connectivity index (χ1) is 8.40. The zero-order valence-electron chi connectivity index (χ0n) is 10.1. The van der Waals surface area contributed by atoms with Crippen LogP contribution in [0.5, 0.6) is 0 Å². The molecule has 0 radical (unpaired) electrons. The highest BCUT2D eigenvalue weighted by molar-refractivity contribution is 5.15. The topological polar surface area (TPSA) is 29.5 Å². The van der Waals surface area contributed by atoms with Crippen LogP contribution in [0.2, 0.25) is 0 Å². The largest absolute Gasteiger partial charge is 0.396 e. The van der Waals surface area contributed by atoms with Gasteiger partial charge in [0.2, 0.25) is 0 Å². The number of rotatable bonds is 5. The second-order valence-corrected chi connectivity index (χ2v) is 4.55. The maximum atomic E-state index is 9.15. The van der Waals surface area contributed by atoms with Crippen molar-refractivity contribution in [1.29, 1.82) is 0 Å². The van der Waals surface area contributed by atoms with Crippen LogP contribution in [-0.4, -0.2) is 24.9 Å². The molecular formula is C15H20O2. The van der Waals surface area contributed by atoms with Crippen molar-refractivity contribution in [3.8, 4) is 0 Å². The SMILES string of the molecule is OCC1COCC1=CCCCc1ccccc1. The molecular weight excluding hydrogens is 212 g/mol. The third-order valence-electron chi connectivity index (χ3n) is 3.25. The summed E-state index contributed by atoms with van der Waals surface area (Å²) in [5.41, 5.74) is 2.67. The van der Waals surface area contributed by atoms with Gasteiger partial charge >= 0.3 is 0 Å². The van der Waals surface area contributed by atoms with Crippen molar-refractivity contribution in [3.63, 3.8) is 0 Å². The summed E-state index contributed by atoms with van der Waals surface area (Å²) in [6, 6.07) is 10.6. The number of ether oxygens (including phenoxy) is 1. The van der Waals surface area contributed by atoms with Gasteiger partial charge in [-0.2, -0.15) is 0 Å². The minimum atomic E-state index is 0.213. The molecule has 0 amide bonds. The molecule has 0 saturated carbocycles. The zero-order chi connectivity index (χ0) is 11.9. The van der Waals surface area contributed by atoms with Gasteiger partial charge in [0.15, 0.2) is 0 Å². The van der Waals surface area contributed by atoms with Crippen molar-refractivity contribution in [3.05, 3.63) is 47.5 Å². The number of benzene rings is 1. The standard InChI is InChI=1S/C15H20O2/c16-10-15-12-17-11-14(15)9-5-4-8-13-6-2-1-3-7-13/h1-3,6-7,9,15-16H,4-5,8,10-12H2. The molecule has 2 nitrogen and oxygen atoms in total. The molecule has 1 atom stereocenters. The maximum Gasteiger partial charge on any atom is 0.0681 e. The highest BCUT2D eigenvalue weighted by Crippen LogP contribution is 2.20. The number of hydrogen-bond donors (Lipinski definition) is 1. The van der Waals surface area contributed by atoms with Gasteiger partial charge in [-0.3, -0.25) is 0 Å². The summed E-state index contributed by atoms with van der Waals surface area (Å²) >= 11 is 0. The summed E-state index contributed by atoms with van der Waals surface area (Å²) in [6.45, 7) is 1.60. The molecule has 1 aliphatic rings. The first-order valence-electron chi connectivity index (χ1n) is 6.31. The van der Waals surface area contributed by atoms with Crippen LogP contribution in [0.1, 0.15) is 18.4 Å². The van der Waals surface area contributed by atoms with Crippen molar-refractivity contribution in [2.24, 2.45) is 5.92 Å². The van der Waals surface area contributed by atoms with Crippen LogP contribution in [0.25, 0.3) is 0 Å². The second-order valence-electron chi connectivity index (χ2n) is 4.55. The second kappa shape index (κ2) is 6.58. The number of aliphatic hydroxyl groups excluding tert-OH is 1. The lowest BCUT2D eigenvalue weighted by Crippen LogP contribution is -2.07. The summed E-state index contributed by atoms with van der Waals surface area (Å²) in [7, 11) is 0. The highest BCUT2D eigenvalue weighted by Gasteiger charge is 2.19. The summed E-state index contributed by atoms with van der Waals surface area (Å²) in [4.78, 5) is 0. The molecule has 92 valence electrons. The van der Waals surface area contributed by atoms with E-state index in [4.69, 9.17) is 9.84 Å². The van der Waals surface area contributed by atoms with Gasteiger partial charge < -0.3 is 9.84 Å². The van der Waals surface area contributed by atoms with E-state index in [0.29, 0.717) is 13.2 Å². The monoisotopic (exact) mass is 232 g/mol. The van der Waals surface area contributed by atoms with E-state index in [9.17, 15) is 0 Å². The summed E-state index contributed by atoms with van der Waals surface area (Å²) in [5.74, 6) is 0.242. The van der Waals surface area contributed by atoms with E-state index in [2.05, 4.69) is 30.3 Å². The summed E-state index contributed by atoms with van der Waals surface area (Å²) in [6.07, 6.45) is 5.60. The van der Waals surface area contributed by atoms with Gasteiger partial charge in [0.1, 0.15) is 0 Å². The smallest absolute Gasteiger partial charge is 0.0681 e. The van der Waals surface area contributed by atoms with Crippen LogP contribution < -0.4 is 0 Å². The lowest BCUT2D eigenvalue weighted by molar-refractivity contribution is 0.161. The predicted molar refractivity (Wildman–Crippen MR) is 68.9 cm³/mol. The molecule has 0 spiro atoms. The molecule has 1 aromatic carbocycles.